The highest BCUT2D eigenvalue weighted by molar-refractivity contribution is 5.90. The van der Waals surface area contributed by atoms with Crippen LogP contribution < -0.4 is 0 Å². The molecule has 1 heterocycles. The first-order valence-electron chi connectivity index (χ1n) is 8.76. The number of hydrogen-bond acceptors (Lipinski definition) is 3. The largest absolute Gasteiger partial charge is 0.462 e. The van der Waals surface area contributed by atoms with Crippen LogP contribution in [-0.2, 0) is 4.74 Å². The molecular formula is C22H21FN2O2. The van der Waals surface area contributed by atoms with E-state index in [2.05, 4.69) is 4.99 Å². The maximum absolute atomic E-state index is 13.8. The number of carbonyl (C=O) groups excluding carboxylic acids is 1. The molecule has 3 aromatic rings. The number of para-hydroxylation sites is 1. The molecule has 0 aliphatic carbocycles. The van der Waals surface area contributed by atoms with Crippen molar-refractivity contribution in [1.29, 1.82) is 0 Å². The van der Waals surface area contributed by atoms with Crippen molar-refractivity contribution in [3.05, 3.63) is 82.9 Å². The maximum Gasteiger partial charge on any atom is 0.338 e. The summed E-state index contributed by atoms with van der Waals surface area (Å²) in [6.07, 6.45) is 1.66. The van der Waals surface area contributed by atoms with Crippen molar-refractivity contribution in [2.24, 2.45) is 4.99 Å². The number of nitrogens with zero attached hydrogens (tertiary/aromatic N) is 2. The van der Waals surface area contributed by atoms with Gasteiger partial charge in [0.25, 0.3) is 0 Å². The zero-order valence-electron chi connectivity index (χ0n) is 15.6. The molecule has 0 spiro atoms. The average Bonchev–Trinajstić information content (AvgIpc) is 2.95. The summed E-state index contributed by atoms with van der Waals surface area (Å²) >= 11 is 0. The first-order chi connectivity index (χ1) is 13.0. The molecule has 3 rings (SSSR count). The van der Waals surface area contributed by atoms with Gasteiger partial charge in [0.2, 0.25) is 0 Å². The van der Waals surface area contributed by atoms with Gasteiger partial charge in [-0.2, -0.15) is 0 Å². The molecule has 0 atom stereocenters. The van der Waals surface area contributed by atoms with Crippen LogP contribution in [0.3, 0.4) is 0 Å². The number of rotatable bonds is 5. The van der Waals surface area contributed by atoms with Gasteiger partial charge in [-0.3, -0.25) is 4.99 Å². The molecule has 0 unspecified atom stereocenters. The predicted molar refractivity (Wildman–Crippen MR) is 105 cm³/mol. The van der Waals surface area contributed by atoms with Crippen LogP contribution in [-0.4, -0.2) is 23.4 Å². The van der Waals surface area contributed by atoms with E-state index in [1.165, 1.54) is 6.07 Å². The zero-order valence-corrected chi connectivity index (χ0v) is 15.6. The number of esters is 1. The molecular weight excluding hydrogens is 343 g/mol. The van der Waals surface area contributed by atoms with Gasteiger partial charge in [-0.1, -0.05) is 18.2 Å². The van der Waals surface area contributed by atoms with E-state index in [9.17, 15) is 9.18 Å². The molecule has 0 aliphatic heterocycles. The molecule has 0 aliphatic rings. The van der Waals surface area contributed by atoms with Crippen LogP contribution in [0.15, 0.2) is 59.6 Å². The molecule has 2 aromatic carbocycles. The molecule has 4 nitrogen and oxygen atoms in total. The summed E-state index contributed by atoms with van der Waals surface area (Å²) in [5.41, 5.74) is 4.49. The first-order valence-corrected chi connectivity index (χ1v) is 8.76. The van der Waals surface area contributed by atoms with Crippen LogP contribution in [0.4, 0.5) is 10.1 Å². The highest BCUT2D eigenvalue weighted by Crippen LogP contribution is 2.22. The van der Waals surface area contributed by atoms with Gasteiger partial charge in [0.15, 0.2) is 0 Å². The average molecular weight is 364 g/mol. The van der Waals surface area contributed by atoms with E-state index in [-0.39, 0.29) is 11.8 Å². The normalized spacial score (nSPS) is 11.1. The van der Waals surface area contributed by atoms with E-state index in [0.29, 0.717) is 17.9 Å². The Morgan fingerprint density at radius 2 is 1.93 bits per heavy atom. The number of ether oxygens (including phenoxy) is 1. The van der Waals surface area contributed by atoms with Crippen LogP contribution in [0, 0.1) is 19.7 Å². The fourth-order valence-electron chi connectivity index (χ4n) is 3.00. The van der Waals surface area contributed by atoms with Gasteiger partial charge in [-0.15, -0.1) is 0 Å². The lowest BCUT2D eigenvalue weighted by Crippen LogP contribution is -2.06. The standard InChI is InChI=1S/C22H21FN2O2/c1-4-27-22(26)17-8-7-9-19(13-17)25-15(2)12-18(16(25)3)14-24-21-11-6-5-10-20(21)23/h5-14H,4H2,1-3H3. The van der Waals surface area contributed by atoms with Gasteiger partial charge in [-0.25, -0.2) is 9.18 Å². The van der Waals surface area contributed by atoms with Crippen molar-refractivity contribution in [2.75, 3.05) is 6.61 Å². The molecule has 27 heavy (non-hydrogen) atoms. The number of benzene rings is 2. The van der Waals surface area contributed by atoms with Gasteiger partial charge in [0.05, 0.1) is 17.9 Å². The highest BCUT2D eigenvalue weighted by Gasteiger charge is 2.12. The van der Waals surface area contributed by atoms with E-state index < -0.39 is 0 Å². The van der Waals surface area contributed by atoms with Crippen LogP contribution in [0.2, 0.25) is 0 Å². The molecule has 5 heteroatoms. The quantitative estimate of drug-likeness (QED) is 0.464. The molecule has 0 N–H and O–H groups in total. The SMILES string of the molecule is CCOC(=O)c1cccc(-n2c(C)cc(C=Nc3ccccc3F)c2C)c1. The van der Waals surface area contributed by atoms with E-state index in [4.69, 9.17) is 4.74 Å². The van der Waals surface area contributed by atoms with Gasteiger partial charge < -0.3 is 9.30 Å². The predicted octanol–water partition coefficient (Wildman–Crippen LogP) is 5.16. The van der Waals surface area contributed by atoms with E-state index in [0.717, 1.165) is 22.6 Å². The minimum absolute atomic E-state index is 0.298. The van der Waals surface area contributed by atoms with Crippen LogP contribution in [0.25, 0.3) is 5.69 Å². The van der Waals surface area contributed by atoms with E-state index in [1.807, 2.05) is 36.6 Å². The van der Waals surface area contributed by atoms with Gasteiger partial charge in [-0.05, 0) is 57.2 Å². The van der Waals surface area contributed by atoms with Crippen molar-refractivity contribution < 1.29 is 13.9 Å². The number of carbonyl (C=O) groups is 1. The monoisotopic (exact) mass is 364 g/mol. The van der Waals surface area contributed by atoms with Crippen molar-refractivity contribution in [1.82, 2.24) is 4.57 Å². The minimum atomic E-state index is -0.357. The van der Waals surface area contributed by atoms with Crippen molar-refractivity contribution >= 4 is 17.9 Å². The smallest absolute Gasteiger partial charge is 0.338 e. The second kappa shape index (κ2) is 7.99. The zero-order chi connectivity index (χ0) is 19.4. The summed E-state index contributed by atoms with van der Waals surface area (Å²) in [6.45, 7) is 6.06. The summed E-state index contributed by atoms with van der Waals surface area (Å²) in [7, 11) is 0. The van der Waals surface area contributed by atoms with Crippen molar-refractivity contribution in [3.63, 3.8) is 0 Å². The number of aromatic nitrogens is 1. The lowest BCUT2D eigenvalue weighted by molar-refractivity contribution is 0.0526. The molecule has 0 saturated heterocycles. The molecule has 0 fully saturated rings. The lowest BCUT2D eigenvalue weighted by atomic mass is 10.2. The van der Waals surface area contributed by atoms with Gasteiger partial charge in [0.1, 0.15) is 5.82 Å². The van der Waals surface area contributed by atoms with Gasteiger partial charge in [0, 0.05) is 28.9 Å². The van der Waals surface area contributed by atoms with E-state index >= 15 is 0 Å². The summed E-state index contributed by atoms with van der Waals surface area (Å²) in [5.74, 6) is -0.701. The fraction of sp³-hybridized carbons (Fsp3) is 0.182. The van der Waals surface area contributed by atoms with Crippen LogP contribution in [0.1, 0.15) is 34.2 Å². The van der Waals surface area contributed by atoms with E-state index in [1.54, 1.807) is 43.5 Å². The summed E-state index contributed by atoms with van der Waals surface area (Å²) in [5, 5.41) is 0. The molecule has 0 amide bonds. The number of aliphatic imine (C=N–C) groups is 1. The Morgan fingerprint density at radius 1 is 1.15 bits per heavy atom. The van der Waals surface area contributed by atoms with Gasteiger partial charge >= 0.3 is 5.97 Å². The topological polar surface area (TPSA) is 43.6 Å². The summed E-state index contributed by atoms with van der Waals surface area (Å²) in [4.78, 5) is 16.3. The van der Waals surface area contributed by atoms with Crippen molar-refractivity contribution in [2.45, 2.75) is 20.8 Å². The molecule has 0 radical (unpaired) electrons. The van der Waals surface area contributed by atoms with Crippen LogP contribution in [0.5, 0.6) is 0 Å². The maximum atomic E-state index is 13.8. The highest BCUT2D eigenvalue weighted by atomic mass is 19.1. The third-order valence-corrected chi connectivity index (χ3v) is 4.28. The number of halogens is 1. The Labute approximate surface area is 157 Å². The number of hydrogen-bond donors (Lipinski definition) is 0. The first kappa shape index (κ1) is 18.6. The summed E-state index contributed by atoms with van der Waals surface area (Å²) in [6, 6.07) is 15.7. The second-order valence-electron chi connectivity index (χ2n) is 6.14. The second-order valence-corrected chi connectivity index (χ2v) is 6.14. The van der Waals surface area contributed by atoms with Crippen LogP contribution >= 0.6 is 0 Å². The molecule has 0 bridgehead atoms. The third-order valence-electron chi connectivity index (χ3n) is 4.28. The minimum Gasteiger partial charge on any atom is -0.462 e. The molecule has 0 saturated carbocycles. The lowest BCUT2D eigenvalue weighted by Gasteiger charge is -2.11. The molecule has 138 valence electrons. The third kappa shape index (κ3) is 3.97. The number of aryl methyl sites for hydroxylation is 1. The Morgan fingerprint density at radius 3 is 2.67 bits per heavy atom. The fourth-order valence-corrected chi connectivity index (χ4v) is 3.00. The summed E-state index contributed by atoms with van der Waals surface area (Å²) < 4.78 is 20.9. The Bertz CT molecular complexity index is 1010. The van der Waals surface area contributed by atoms with Crippen molar-refractivity contribution in [3.8, 4) is 5.69 Å². The molecule has 1 aromatic heterocycles. The Balaban J connectivity index is 1.96. The Kier molecular flexibility index (Phi) is 5.50. The Hall–Kier alpha value is -3.21.